The Labute approximate surface area is 537 Å². The molecule has 0 spiro atoms. The molecule has 0 amide bonds. The predicted molar refractivity (Wildman–Crippen MR) is 354 cm³/mol. The van der Waals surface area contributed by atoms with Crippen LogP contribution in [0.25, 0.3) is 0 Å². The number of esters is 4. The van der Waals surface area contributed by atoms with E-state index in [1.54, 1.807) is 0 Å². The maximum atomic E-state index is 13.0. The molecule has 0 aliphatic carbocycles. The largest absolute Gasteiger partial charge is 0.472 e. The number of rotatable bonds is 66. The van der Waals surface area contributed by atoms with E-state index in [-0.39, 0.29) is 25.7 Å². The number of hydrogen-bond acceptors (Lipinski definition) is 15. The van der Waals surface area contributed by atoms with Crippen molar-refractivity contribution >= 4 is 39.5 Å². The lowest BCUT2D eigenvalue weighted by molar-refractivity contribution is -0.161. The lowest BCUT2D eigenvalue weighted by Crippen LogP contribution is -2.30. The Kier molecular flexibility index (Phi) is 57.6. The van der Waals surface area contributed by atoms with Crippen LogP contribution in [0.2, 0.25) is 0 Å². The summed E-state index contributed by atoms with van der Waals surface area (Å²) in [5, 5.41) is 10.6. The maximum absolute atomic E-state index is 13.0. The smallest absolute Gasteiger partial charge is 0.462 e. The summed E-state index contributed by atoms with van der Waals surface area (Å²) in [6, 6.07) is 0. The van der Waals surface area contributed by atoms with E-state index in [0.717, 1.165) is 115 Å². The molecule has 88 heavy (non-hydrogen) atoms. The van der Waals surface area contributed by atoms with E-state index in [2.05, 4.69) is 55.4 Å². The van der Waals surface area contributed by atoms with Crippen LogP contribution in [0.1, 0.15) is 338 Å². The molecule has 0 aliphatic heterocycles. The van der Waals surface area contributed by atoms with Crippen molar-refractivity contribution in [3.63, 3.8) is 0 Å². The molecule has 0 radical (unpaired) electrons. The fourth-order valence-corrected chi connectivity index (χ4v) is 11.9. The summed E-state index contributed by atoms with van der Waals surface area (Å²) in [4.78, 5) is 72.4. The third kappa shape index (κ3) is 62.8. The van der Waals surface area contributed by atoms with Crippen LogP contribution in [0, 0.1) is 23.7 Å². The number of hydrogen-bond donors (Lipinski definition) is 3. The van der Waals surface area contributed by atoms with E-state index in [4.69, 9.17) is 37.0 Å². The molecular formula is C69H134O17P2. The number of carbonyl (C=O) groups is 4. The summed E-state index contributed by atoms with van der Waals surface area (Å²) >= 11 is 0. The molecule has 0 aliphatic rings. The Bertz CT molecular complexity index is 1750. The Morgan fingerprint density at radius 3 is 0.705 bits per heavy atom. The van der Waals surface area contributed by atoms with Crippen LogP contribution in [-0.2, 0) is 65.4 Å². The van der Waals surface area contributed by atoms with Crippen LogP contribution in [0.15, 0.2) is 0 Å². The lowest BCUT2D eigenvalue weighted by Gasteiger charge is -2.21. The summed E-state index contributed by atoms with van der Waals surface area (Å²) in [6.07, 6.45) is 40.5. The highest BCUT2D eigenvalue weighted by atomic mass is 31.2. The number of ether oxygens (including phenoxy) is 4. The molecule has 0 heterocycles. The molecule has 0 saturated heterocycles. The van der Waals surface area contributed by atoms with E-state index >= 15 is 0 Å². The van der Waals surface area contributed by atoms with Gasteiger partial charge in [0.1, 0.15) is 19.3 Å². The van der Waals surface area contributed by atoms with Crippen molar-refractivity contribution < 1.29 is 80.2 Å². The summed E-state index contributed by atoms with van der Waals surface area (Å²) in [7, 11) is -9.90. The fourth-order valence-electron chi connectivity index (χ4n) is 10.3. The standard InChI is InChI=1S/C69H134O17P2/c1-59(2)45-37-29-21-16-12-10-9-11-13-18-24-35-43-51-68(73)85-64(55-79-66(71)49-41-33-26-20-23-31-39-47-61(5)6)57-83-87(75,76)81-53-63(70)54-82-88(77,78)84-58-65(56-80-67(72)50-42-34-28-27-32-40-48-62(7)8)86-69(74)52-44-36-25-19-15-14-17-22-30-38-46-60(3)4/h59-65,70H,9-58H2,1-8H3,(H,75,76)(H,77,78)/t63?,64-,65-/m1/s1. The maximum Gasteiger partial charge on any atom is 0.472 e. The molecule has 0 rings (SSSR count). The molecule has 3 unspecified atom stereocenters. The minimum absolute atomic E-state index is 0.104. The predicted octanol–water partition coefficient (Wildman–Crippen LogP) is 19.3. The SMILES string of the molecule is CC(C)CCCCCCCCCCCCCCCC(=O)O[C@H](COC(=O)CCCCCCCCCC(C)C)COP(=O)(O)OCC(O)COP(=O)(O)OC[C@@H](COC(=O)CCCCCCCCC(C)C)OC(=O)CCCCCCCCCCCCC(C)C. The summed E-state index contributed by atoms with van der Waals surface area (Å²) in [5.74, 6) is 0.790. The number of unbranched alkanes of at least 4 members (excludes halogenated alkanes) is 32. The van der Waals surface area contributed by atoms with Gasteiger partial charge in [-0.2, -0.15) is 0 Å². The Hall–Kier alpha value is -1.94. The first-order valence-electron chi connectivity index (χ1n) is 35.7. The lowest BCUT2D eigenvalue weighted by atomic mass is 10.0. The topological polar surface area (TPSA) is 237 Å². The van der Waals surface area contributed by atoms with Gasteiger partial charge in [0, 0.05) is 25.7 Å². The van der Waals surface area contributed by atoms with Crippen molar-refractivity contribution in [1.29, 1.82) is 0 Å². The minimum Gasteiger partial charge on any atom is -0.462 e. The van der Waals surface area contributed by atoms with E-state index in [1.807, 2.05) is 0 Å². The van der Waals surface area contributed by atoms with Gasteiger partial charge >= 0.3 is 39.5 Å². The molecule has 3 N–H and O–H groups in total. The van der Waals surface area contributed by atoms with Gasteiger partial charge in [0.15, 0.2) is 12.2 Å². The number of aliphatic hydroxyl groups is 1. The Morgan fingerprint density at radius 2 is 0.477 bits per heavy atom. The Balaban J connectivity index is 5.23. The first-order valence-corrected chi connectivity index (χ1v) is 38.7. The molecule has 522 valence electrons. The van der Waals surface area contributed by atoms with Gasteiger partial charge in [-0.25, -0.2) is 9.13 Å². The van der Waals surface area contributed by atoms with Crippen molar-refractivity contribution in [2.75, 3.05) is 39.6 Å². The van der Waals surface area contributed by atoms with Crippen molar-refractivity contribution in [1.82, 2.24) is 0 Å². The van der Waals surface area contributed by atoms with Gasteiger partial charge in [0.25, 0.3) is 0 Å². The molecule has 5 atom stereocenters. The number of carbonyl (C=O) groups excluding carboxylic acids is 4. The first kappa shape index (κ1) is 86.1. The molecule has 0 aromatic heterocycles. The van der Waals surface area contributed by atoms with Crippen LogP contribution in [0.4, 0.5) is 0 Å². The first-order chi connectivity index (χ1) is 42.1. The molecule has 0 bridgehead atoms. The third-order valence-corrected chi connectivity index (χ3v) is 17.7. The zero-order valence-electron chi connectivity index (χ0n) is 57.3. The molecule has 0 saturated carbocycles. The van der Waals surface area contributed by atoms with Crippen molar-refractivity contribution in [3.05, 3.63) is 0 Å². The van der Waals surface area contributed by atoms with Crippen molar-refractivity contribution in [2.24, 2.45) is 23.7 Å². The average Bonchev–Trinajstić information content (AvgIpc) is 3.68. The van der Waals surface area contributed by atoms with Gasteiger partial charge in [0.05, 0.1) is 26.4 Å². The van der Waals surface area contributed by atoms with Crippen molar-refractivity contribution in [3.8, 4) is 0 Å². The summed E-state index contributed by atoms with van der Waals surface area (Å²) in [5.41, 5.74) is 0. The minimum atomic E-state index is -4.95. The zero-order valence-corrected chi connectivity index (χ0v) is 59.1. The van der Waals surface area contributed by atoms with Crippen LogP contribution in [0.3, 0.4) is 0 Å². The number of phosphoric ester groups is 2. The highest BCUT2D eigenvalue weighted by Gasteiger charge is 2.30. The molecule has 0 aromatic carbocycles. The van der Waals surface area contributed by atoms with Gasteiger partial charge in [-0.15, -0.1) is 0 Å². The molecule has 17 nitrogen and oxygen atoms in total. The van der Waals surface area contributed by atoms with E-state index in [0.29, 0.717) is 37.5 Å². The normalized spacial score (nSPS) is 14.3. The van der Waals surface area contributed by atoms with Gasteiger partial charge in [0.2, 0.25) is 0 Å². The van der Waals surface area contributed by atoms with Crippen LogP contribution in [-0.4, -0.2) is 96.7 Å². The van der Waals surface area contributed by atoms with Crippen LogP contribution >= 0.6 is 15.6 Å². The summed E-state index contributed by atoms with van der Waals surface area (Å²) < 4.78 is 68.2. The fraction of sp³-hybridized carbons (Fsp3) is 0.942. The monoisotopic (exact) mass is 1300 g/mol. The van der Waals surface area contributed by atoms with Gasteiger partial charge in [-0.05, 0) is 49.4 Å². The number of phosphoric acid groups is 2. The molecule has 19 heteroatoms. The second kappa shape index (κ2) is 58.8. The van der Waals surface area contributed by atoms with E-state index in [9.17, 15) is 43.2 Å². The van der Waals surface area contributed by atoms with Crippen LogP contribution < -0.4 is 0 Å². The highest BCUT2D eigenvalue weighted by Crippen LogP contribution is 2.45. The zero-order chi connectivity index (χ0) is 65.4. The molecular weight excluding hydrogens is 1160 g/mol. The molecule has 0 aromatic rings. The van der Waals surface area contributed by atoms with E-state index < -0.39 is 97.5 Å². The summed E-state index contributed by atoms with van der Waals surface area (Å²) in [6.45, 7) is 14.0. The average molecular weight is 1300 g/mol. The number of aliphatic hydroxyl groups excluding tert-OH is 1. The van der Waals surface area contributed by atoms with Gasteiger partial charge in [-0.3, -0.25) is 37.3 Å². The highest BCUT2D eigenvalue weighted by molar-refractivity contribution is 7.47. The second-order valence-electron chi connectivity index (χ2n) is 26.8. The van der Waals surface area contributed by atoms with Crippen molar-refractivity contribution in [2.45, 2.75) is 356 Å². The van der Waals surface area contributed by atoms with Gasteiger partial charge in [-0.1, -0.05) is 287 Å². The third-order valence-electron chi connectivity index (χ3n) is 15.8. The van der Waals surface area contributed by atoms with Gasteiger partial charge < -0.3 is 33.8 Å². The molecule has 0 fully saturated rings. The van der Waals surface area contributed by atoms with E-state index in [1.165, 1.54) is 128 Å². The Morgan fingerprint density at radius 1 is 0.284 bits per heavy atom. The quantitative estimate of drug-likeness (QED) is 0.0222. The second-order valence-corrected chi connectivity index (χ2v) is 29.7. The van der Waals surface area contributed by atoms with Crippen LogP contribution in [0.5, 0.6) is 0 Å².